The van der Waals surface area contributed by atoms with Gasteiger partial charge in [0, 0.05) is 18.7 Å². The molecule has 0 saturated heterocycles. The number of nitrogens with zero attached hydrogens (tertiary/aromatic N) is 1. The molecule has 0 unspecified atom stereocenters. The van der Waals surface area contributed by atoms with Crippen molar-refractivity contribution in [2.45, 2.75) is 6.42 Å². The quantitative estimate of drug-likeness (QED) is 0.798. The first kappa shape index (κ1) is 12.0. The largest absolute Gasteiger partial charge is 0.478 e. The Bertz CT molecular complexity index is 530. The first-order valence-electron chi connectivity index (χ1n) is 5.44. The Balaban J connectivity index is 2.02. The lowest BCUT2D eigenvalue weighted by atomic mass is 10.1. The molecule has 0 radical (unpaired) electrons. The third-order valence-corrected chi connectivity index (χ3v) is 2.70. The van der Waals surface area contributed by atoms with Crippen LogP contribution in [0.1, 0.15) is 15.9 Å². The number of rotatable bonds is 4. The van der Waals surface area contributed by atoms with Crippen molar-refractivity contribution in [3.63, 3.8) is 0 Å². The number of benzene rings is 1. The molecule has 0 fully saturated rings. The van der Waals surface area contributed by atoms with Gasteiger partial charge in [0.15, 0.2) is 0 Å². The second-order valence-electron chi connectivity index (χ2n) is 3.92. The molecule has 1 aliphatic rings. The molecule has 2 rings (SSSR count). The van der Waals surface area contributed by atoms with Crippen LogP contribution in [0.2, 0.25) is 0 Å². The summed E-state index contributed by atoms with van der Waals surface area (Å²) in [6.45, 7) is 0.258. The second-order valence-corrected chi connectivity index (χ2v) is 3.92. The van der Waals surface area contributed by atoms with Crippen LogP contribution < -0.4 is 0 Å². The molecule has 92 valence electrons. The fourth-order valence-corrected chi connectivity index (χ4v) is 1.75. The van der Waals surface area contributed by atoms with Gasteiger partial charge in [-0.05, 0) is 24.1 Å². The molecule has 18 heavy (non-hydrogen) atoms. The van der Waals surface area contributed by atoms with Crippen molar-refractivity contribution in [3.05, 3.63) is 47.5 Å². The predicted molar refractivity (Wildman–Crippen MR) is 63.0 cm³/mol. The van der Waals surface area contributed by atoms with Crippen LogP contribution in [0.25, 0.3) is 0 Å². The number of carbonyl (C=O) groups is 3. The van der Waals surface area contributed by atoms with Crippen molar-refractivity contribution in [2.24, 2.45) is 0 Å². The number of carboxylic acids is 1. The van der Waals surface area contributed by atoms with Crippen LogP contribution in [-0.2, 0) is 16.0 Å². The summed E-state index contributed by atoms with van der Waals surface area (Å²) >= 11 is 0. The topological polar surface area (TPSA) is 74.7 Å². The highest BCUT2D eigenvalue weighted by Crippen LogP contribution is 2.09. The lowest BCUT2D eigenvalue weighted by Crippen LogP contribution is -2.31. The Morgan fingerprint density at radius 1 is 1.17 bits per heavy atom. The summed E-state index contributed by atoms with van der Waals surface area (Å²) in [5.74, 6) is -1.64. The second kappa shape index (κ2) is 4.83. The number of amides is 2. The molecular formula is C13H11NO4. The van der Waals surface area contributed by atoms with Crippen molar-refractivity contribution >= 4 is 17.8 Å². The molecule has 5 nitrogen and oxygen atoms in total. The monoisotopic (exact) mass is 245 g/mol. The molecule has 0 saturated carbocycles. The van der Waals surface area contributed by atoms with Gasteiger partial charge in [-0.25, -0.2) is 4.79 Å². The first-order valence-corrected chi connectivity index (χ1v) is 5.44. The van der Waals surface area contributed by atoms with Crippen molar-refractivity contribution in [1.82, 2.24) is 4.90 Å². The van der Waals surface area contributed by atoms with E-state index in [9.17, 15) is 14.4 Å². The van der Waals surface area contributed by atoms with E-state index >= 15 is 0 Å². The number of carboxylic acid groups (broad SMARTS) is 1. The highest BCUT2D eigenvalue weighted by molar-refractivity contribution is 6.12. The number of aromatic carboxylic acids is 1. The van der Waals surface area contributed by atoms with Crippen molar-refractivity contribution in [2.75, 3.05) is 6.54 Å². The summed E-state index contributed by atoms with van der Waals surface area (Å²) < 4.78 is 0. The standard InChI is InChI=1S/C13H11NO4/c15-11-4-5-12(16)14(11)7-6-9-2-1-3-10(8-9)13(17)18/h1-5,8H,6-7H2,(H,17,18). The van der Waals surface area contributed by atoms with E-state index in [-0.39, 0.29) is 23.9 Å². The average Bonchev–Trinajstić information content (AvgIpc) is 2.67. The molecule has 0 spiro atoms. The molecule has 1 aromatic carbocycles. The first-order chi connectivity index (χ1) is 8.58. The van der Waals surface area contributed by atoms with Crippen LogP contribution in [0.5, 0.6) is 0 Å². The minimum Gasteiger partial charge on any atom is -0.478 e. The third kappa shape index (κ3) is 2.45. The maximum absolute atomic E-state index is 11.3. The minimum atomic E-state index is -0.994. The van der Waals surface area contributed by atoms with Crippen molar-refractivity contribution in [3.8, 4) is 0 Å². The Morgan fingerprint density at radius 3 is 2.44 bits per heavy atom. The Kier molecular flexibility index (Phi) is 3.23. The molecule has 1 heterocycles. The Labute approximate surface area is 103 Å². The average molecular weight is 245 g/mol. The summed E-state index contributed by atoms with van der Waals surface area (Å²) in [4.78, 5) is 34.5. The Morgan fingerprint density at radius 2 is 1.83 bits per heavy atom. The Hall–Kier alpha value is -2.43. The van der Waals surface area contributed by atoms with E-state index in [0.717, 1.165) is 10.5 Å². The predicted octanol–water partition coefficient (Wildman–Crippen LogP) is 0.852. The molecule has 0 aromatic heterocycles. The van der Waals surface area contributed by atoms with Gasteiger partial charge < -0.3 is 5.11 Å². The van der Waals surface area contributed by atoms with Gasteiger partial charge in [0.1, 0.15) is 0 Å². The number of hydrogen-bond acceptors (Lipinski definition) is 3. The molecule has 1 N–H and O–H groups in total. The summed E-state index contributed by atoms with van der Waals surface area (Å²) in [6.07, 6.45) is 2.91. The summed E-state index contributed by atoms with van der Waals surface area (Å²) in [5, 5.41) is 8.84. The zero-order chi connectivity index (χ0) is 13.1. The smallest absolute Gasteiger partial charge is 0.335 e. The number of carbonyl (C=O) groups excluding carboxylic acids is 2. The fourth-order valence-electron chi connectivity index (χ4n) is 1.75. The van der Waals surface area contributed by atoms with Gasteiger partial charge in [0.25, 0.3) is 11.8 Å². The van der Waals surface area contributed by atoms with Crippen LogP contribution in [-0.4, -0.2) is 34.3 Å². The van der Waals surface area contributed by atoms with E-state index in [1.165, 1.54) is 18.2 Å². The molecular weight excluding hydrogens is 234 g/mol. The molecule has 0 aliphatic carbocycles. The number of hydrogen-bond donors (Lipinski definition) is 1. The van der Waals surface area contributed by atoms with Crippen molar-refractivity contribution < 1.29 is 19.5 Å². The van der Waals surface area contributed by atoms with Gasteiger partial charge in [-0.2, -0.15) is 0 Å². The van der Waals surface area contributed by atoms with Crippen LogP contribution >= 0.6 is 0 Å². The summed E-state index contributed by atoms with van der Waals surface area (Å²) in [6, 6.07) is 6.45. The zero-order valence-corrected chi connectivity index (χ0v) is 9.50. The summed E-state index contributed by atoms with van der Waals surface area (Å²) in [7, 11) is 0. The van der Waals surface area contributed by atoms with E-state index in [0.29, 0.717) is 6.42 Å². The van der Waals surface area contributed by atoms with Crippen LogP contribution in [0, 0.1) is 0 Å². The zero-order valence-electron chi connectivity index (χ0n) is 9.50. The highest BCUT2D eigenvalue weighted by atomic mass is 16.4. The van der Waals surface area contributed by atoms with E-state index < -0.39 is 5.97 Å². The lowest BCUT2D eigenvalue weighted by molar-refractivity contribution is -0.136. The SMILES string of the molecule is O=C(O)c1cccc(CCN2C(=O)C=CC2=O)c1. The van der Waals surface area contributed by atoms with Crippen molar-refractivity contribution in [1.29, 1.82) is 0 Å². The molecule has 1 aromatic rings. The van der Waals surface area contributed by atoms with Gasteiger partial charge in [-0.1, -0.05) is 12.1 Å². The fraction of sp³-hybridized carbons (Fsp3) is 0.154. The minimum absolute atomic E-state index is 0.199. The van der Waals surface area contributed by atoms with Gasteiger partial charge in [0.05, 0.1) is 5.56 Å². The molecule has 0 bridgehead atoms. The molecule has 5 heteroatoms. The maximum Gasteiger partial charge on any atom is 0.335 e. The third-order valence-electron chi connectivity index (χ3n) is 2.70. The summed E-state index contributed by atoms with van der Waals surface area (Å²) in [5.41, 5.74) is 0.979. The van der Waals surface area contributed by atoms with Gasteiger partial charge >= 0.3 is 5.97 Å². The highest BCUT2D eigenvalue weighted by Gasteiger charge is 2.22. The van der Waals surface area contributed by atoms with Gasteiger partial charge in [-0.15, -0.1) is 0 Å². The number of imide groups is 1. The van der Waals surface area contributed by atoms with Gasteiger partial charge in [-0.3, -0.25) is 14.5 Å². The van der Waals surface area contributed by atoms with E-state index in [1.807, 2.05) is 0 Å². The van der Waals surface area contributed by atoms with Gasteiger partial charge in [0.2, 0.25) is 0 Å². The molecule has 2 amide bonds. The molecule has 1 aliphatic heterocycles. The molecule has 0 atom stereocenters. The van der Waals surface area contributed by atoms with Crippen LogP contribution in [0.4, 0.5) is 0 Å². The van der Waals surface area contributed by atoms with E-state index in [4.69, 9.17) is 5.11 Å². The lowest BCUT2D eigenvalue weighted by Gasteiger charge is -2.13. The van der Waals surface area contributed by atoms with E-state index in [1.54, 1.807) is 18.2 Å². The maximum atomic E-state index is 11.3. The van der Waals surface area contributed by atoms with Crippen LogP contribution in [0.15, 0.2) is 36.4 Å². The normalized spacial score (nSPS) is 14.3. The van der Waals surface area contributed by atoms with Crippen LogP contribution in [0.3, 0.4) is 0 Å². The van der Waals surface area contributed by atoms with E-state index in [2.05, 4.69) is 0 Å².